The first-order valence-electron chi connectivity index (χ1n) is 9.38. The zero-order valence-electron chi connectivity index (χ0n) is 18.0. The van der Waals surface area contributed by atoms with Crippen LogP contribution in [0.1, 0.15) is 24.1 Å². The molecule has 29 heavy (non-hydrogen) atoms. The summed E-state index contributed by atoms with van der Waals surface area (Å²) in [6.07, 6.45) is 1.61. The zero-order chi connectivity index (χ0) is 21.4. The average molecular weight is 399 g/mol. The first-order chi connectivity index (χ1) is 13.9. The molecule has 2 rings (SSSR count). The lowest BCUT2D eigenvalue weighted by Gasteiger charge is -2.25. The van der Waals surface area contributed by atoms with Crippen LogP contribution in [-0.4, -0.2) is 52.8 Å². The van der Waals surface area contributed by atoms with Crippen LogP contribution in [0.4, 0.5) is 0 Å². The van der Waals surface area contributed by atoms with Crippen LogP contribution in [0.3, 0.4) is 0 Å². The van der Waals surface area contributed by atoms with Gasteiger partial charge in [0.05, 0.1) is 27.4 Å². The number of allylic oxidation sites excluding steroid dienone is 1. The molecule has 1 amide bonds. The van der Waals surface area contributed by atoms with Gasteiger partial charge < -0.3 is 24.4 Å². The fourth-order valence-electron chi connectivity index (χ4n) is 3.04. The molecule has 2 aromatic carbocycles. The highest BCUT2D eigenvalue weighted by Crippen LogP contribution is 2.31. The number of amides is 1. The minimum atomic E-state index is -0.134. The van der Waals surface area contributed by atoms with Gasteiger partial charge >= 0.3 is 0 Å². The maximum absolute atomic E-state index is 12.5. The van der Waals surface area contributed by atoms with Crippen molar-refractivity contribution in [3.05, 3.63) is 59.7 Å². The van der Waals surface area contributed by atoms with E-state index in [0.717, 1.165) is 22.4 Å². The van der Waals surface area contributed by atoms with Gasteiger partial charge in [-0.05, 0) is 62.0 Å². The van der Waals surface area contributed by atoms with Crippen molar-refractivity contribution in [2.45, 2.75) is 13.0 Å². The summed E-state index contributed by atoms with van der Waals surface area (Å²) >= 11 is 0. The third-order valence-corrected chi connectivity index (χ3v) is 4.78. The highest BCUT2D eigenvalue weighted by Gasteiger charge is 2.17. The van der Waals surface area contributed by atoms with Crippen LogP contribution in [0.25, 0.3) is 5.57 Å². The highest BCUT2D eigenvalue weighted by molar-refractivity contribution is 5.94. The number of rotatable bonds is 9. The Labute approximate surface area is 173 Å². The Morgan fingerprint density at radius 2 is 1.66 bits per heavy atom. The van der Waals surface area contributed by atoms with Crippen molar-refractivity contribution in [3.63, 3.8) is 0 Å². The molecule has 0 aliphatic heterocycles. The third-order valence-electron chi connectivity index (χ3n) is 4.78. The van der Waals surface area contributed by atoms with E-state index in [4.69, 9.17) is 14.2 Å². The van der Waals surface area contributed by atoms with E-state index >= 15 is 0 Å². The van der Waals surface area contributed by atoms with Crippen LogP contribution < -0.4 is 19.5 Å². The van der Waals surface area contributed by atoms with Crippen molar-refractivity contribution >= 4 is 11.5 Å². The van der Waals surface area contributed by atoms with Gasteiger partial charge in [-0.25, -0.2) is 0 Å². The number of benzene rings is 2. The number of likely N-dealkylation sites (N-methyl/N-ethyl adjacent to an activating group) is 1. The molecule has 6 nitrogen and oxygen atoms in total. The summed E-state index contributed by atoms with van der Waals surface area (Å²) in [5.41, 5.74) is 2.89. The molecule has 0 aromatic heterocycles. The predicted octanol–water partition coefficient (Wildman–Crippen LogP) is 3.53. The second-order valence-corrected chi connectivity index (χ2v) is 6.89. The molecule has 6 heteroatoms. The van der Waals surface area contributed by atoms with Crippen LogP contribution in [-0.2, 0) is 4.79 Å². The minimum Gasteiger partial charge on any atom is -0.497 e. The van der Waals surface area contributed by atoms with Gasteiger partial charge in [-0.2, -0.15) is 0 Å². The molecule has 0 aliphatic rings. The van der Waals surface area contributed by atoms with Crippen LogP contribution in [0.5, 0.6) is 17.2 Å². The molecule has 156 valence electrons. The molecule has 2 aromatic rings. The molecule has 0 saturated carbocycles. The number of ether oxygens (including phenoxy) is 3. The fraction of sp³-hybridized carbons (Fsp3) is 0.348. The van der Waals surface area contributed by atoms with Crippen LogP contribution >= 0.6 is 0 Å². The van der Waals surface area contributed by atoms with Gasteiger partial charge in [0.1, 0.15) is 5.75 Å². The molecule has 0 heterocycles. The molecule has 1 unspecified atom stereocenters. The van der Waals surface area contributed by atoms with E-state index in [9.17, 15) is 4.79 Å². The second kappa shape index (κ2) is 10.5. The Balaban J connectivity index is 2.08. The lowest BCUT2D eigenvalue weighted by molar-refractivity contribution is -0.116. The summed E-state index contributed by atoms with van der Waals surface area (Å²) in [5.74, 6) is 2.00. The lowest BCUT2D eigenvalue weighted by Crippen LogP contribution is -2.33. The Kier molecular flexibility index (Phi) is 8.09. The number of hydrogen-bond acceptors (Lipinski definition) is 5. The standard InChI is InChI=1S/C23H30N2O4/c1-16(17-7-10-19(27-4)11-8-17)13-23(26)24-15-20(25(2)3)18-9-12-21(28-5)22(14-18)29-6/h7-14,20H,15H2,1-6H3,(H,24,26)/b16-13+. The van der Waals surface area contributed by atoms with E-state index in [1.165, 1.54) is 0 Å². The van der Waals surface area contributed by atoms with Gasteiger partial charge in [0.2, 0.25) is 5.91 Å². The number of carbonyl (C=O) groups is 1. The number of carbonyl (C=O) groups excluding carboxylic acids is 1. The molecule has 0 aliphatic carbocycles. The monoisotopic (exact) mass is 398 g/mol. The van der Waals surface area contributed by atoms with Crippen molar-refractivity contribution in [3.8, 4) is 17.2 Å². The molecule has 0 saturated heterocycles. The Hall–Kier alpha value is -2.99. The van der Waals surface area contributed by atoms with Crippen molar-refractivity contribution in [2.24, 2.45) is 0 Å². The highest BCUT2D eigenvalue weighted by atomic mass is 16.5. The van der Waals surface area contributed by atoms with Gasteiger partial charge in [0, 0.05) is 12.6 Å². The van der Waals surface area contributed by atoms with E-state index < -0.39 is 0 Å². The molecule has 0 spiro atoms. The van der Waals surface area contributed by atoms with Crippen molar-refractivity contribution in [1.82, 2.24) is 10.2 Å². The van der Waals surface area contributed by atoms with Gasteiger partial charge in [-0.3, -0.25) is 4.79 Å². The molecular formula is C23H30N2O4. The molecule has 1 N–H and O–H groups in total. The summed E-state index contributed by atoms with van der Waals surface area (Å²) < 4.78 is 15.9. The molecular weight excluding hydrogens is 368 g/mol. The molecule has 1 atom stereocenters. The van der Waals surface area contributed by atoms with E-state index in [2.05, 4.69) is 10.2 Å². The SMILES string of the molecule is COc1ccc(/C(C)=C/C(=O)NCC(c2ccc(OC)c(OC)c2)N(C)C)cc1. The smallest absolute Gasteiger partial charge is 0.244 e. The van der Waals surface area contributed by atoms with E-state index in [1.807, 2.05) is 63.5 Å². The lowest BCUT2D eigenvalue weighted by atomic mass is 10.0. The van der Waals surface area contributed by atoms with Gasteiger partial charge in [-0.1, -0.05) is 18.2 Å². The fourth-order valence-corrected chi connectivity index (χ4v) is 3.04. The largest absolute Gasteiger partial charge is 0.497 e. The Morgan fingerprint density at radius 3 is 2.21 bits per heavy atom. The summed E-state index contributed by atoms with van der Waals surface area (Å²) in [7, 11) is 8.81. The second-order valence-electron chi connectivity index (χ2n) is 6.89. The maximum atomic E-state index is 12.5. The van der Waals surface area contributed by atoms with Crippen molar-refractivity contribution < 1.29 is 19.0 Å². The summed E-state index contributed by atoms with van der Waals surface area (Å²) in [5, 5.41) is 3.00. The Morgan fingerprint density at radius 1 is 1.00 bits per heavy atom. The number of nitrogens with one attached hydrogen (secondary N) is 1. The normalized spacial score (nSPS) is 12.4. The number of methoxy groups -OCH3 is 3. The van der Waals surface area contributed by atoms with Crippen LogP contribution in [0, 0.1) is 0 Å². The average Bonchev–Trinajstić information content (AvgIpc) is 2.73. The van der Waals surface area contributed by atoms with Crippen molar-refractivity contribution in [2.75, 3.05) is 42.0 Å². The summed E-state index contributed by atoms with van der Waals surface area (Å²) in [6, 6.07) is 13.4. The van der Waals surface area contributed by atoms with Crippen LogP contribution in [0.15, 0.2) is 48.5 Å². The third kappa shape index (κ3) is 5.99. The van der Waals surface area contributed by atoms with Gasteiger partial charge in [0.25, 0.3) is 0 Å². The first kappa shape index (κ1) is 22.3. The van der Waals surface area contributed by atoms with Gasteiger partial charge in [0.15, 0.2) is 11.5 Å². The van der Waals surface area contributed by atoms with Crippen LogP contribution in [0.2, 0.25) is 0 Å². The topological polar surface area (TPSA) is 60.0 Å². The minimum absolute atomic E-state index is 0.00607. The molecule has 0 bridgehead atoms. The number of hydrogen-bond donors (Lipinski definition) is 1. The first-order valence-corrected chi connectivity index (χ1v) is 9.38. The molecule has 0 radical (unpaired) electrons. The maximum Gasteiger partial charge on any atom is 0.244 e. The zero-order valence-corrected chi connectivity index (χ0v) is 18.0. The van der Waals surface area contributed by atoms with Gasteiger partial charge in [-0.15, -0.1) is 0 Å². The summed E-state index contributed by atoms with van der Waals surface area (Å²) in [6.45, 7) is 2.38. The van der Waals surface area contributed by atoms with E-state index in [1.54, 1.807) is 27.4 Å². The quantitative estimate of drug-likeness (QED) is 0.655. The Bertz CT molecular complexity index is 844. The predicted molar refractivity (Wildman–Crippen MR) is 116 cm³/mol. The van der Waals surface area contributed by atoms with E-state index in [0.29, 0.717) is 18.0 Å². The number of nitrogens with zero attached hydrogens (tertiary/aromatic N) is 1. The van der Waals surface area contributed by atoms with E-state index in [-0.39, 0.29) is 11.9 Å². The summed E-state index contributed by atoms with van der Waals surface area (Å²) in [4.78, 5) is 14.5. The van der Waals surface area contributed by atoms with Crippen molar-refractivity contribution in [1.29, 1.82) is 0 Å². The molecule has 0 fully saturated rings.